The highest BCUT2D eigenvalue weighted by Crippen LogP contribution is 2.34. The van der Waals surface area contributed by atoms with Gasteiger partial charge in [0.2, 0.25) is 6.29 Å². The van der Waals surface area contributed by atoms with Gasteiger partial charge in [0.15, 0.2) is 0 Å². The van der Waals surface area contributed by atoms with Gasteiger partial charge in [0.05, 0.1) is 11.2 Å². The predicted molar refractivity (Wildman–Crippen MR) is 115 cm³/mol. The van der Waals surface area contributed by atoms with E-state index in [0.717, 1.165) is 16.5 Å². The molecule has 1 aliphatic rings. The Morgan fingerprint density at radius 1 is 1.03 bits per heavy atom. The SMILES string of the molecule is CO[C@@H]1[C@@H](O)C(O)[C@H](Oc2ccc3c(C)c(-c4ccccc4)c(=O)oc3c2)OC1(C)C. The number of aliphatic hydroxyl groups is 2. The number of ether oxygens (including phenoxy) is 3. The smallest absolute Gasteiger partial charge is 0.344 e. The fourth-order valence-corrected chi connectivity index (χ4v) is 4.19. The van der Waals surface area contributed by atoms with Gasteiger partial charge in [0.1, 0.15) is 29.6 Å². The van der Waals surface area contributed by atoms with Crippen molar-refractivity contribution in [1.29, 1.82) is 0 Å². The summed E-state index contributed by atoms with van der Waals surface area (Å²) in [5.41, 5.74) is 1.14. The maximum atomic E-state index is 12.7. The molecule has 7 nitrogen and oxygen atoms in total. The molecule has 0 saturated carbocycles. The lowest BCUT2D eigenvalue weighted by Crippen LogP contribution is -2.63. The van der Waals surface area contributed by atoms with Gasteiger partial charge in [-0.1, -0.05) is 30.3 Å². The van der Waals surface area contributed by atoms with Crippen LogP contribution in [0.4, 0.5) is 0 Å². The van der Waals surface area contributed by atoms with E-state index in [1.807, 2.05) is 37.3 Å². The lowest BCUT2D eigenvalue weighted by molar-refractivity contribution is -0.305. The molecule has 0 amide bonds. The van der Waals surface area contributed by atoms with E-state index in [0.29, 0.717) is 16.9 Å². The molecule has 4 atom stereocenters. The molecule has 2 heterocycles. The molecule has 3 aromatic rings. The largest absolute Gasteiger partial charge is 0.462 e. The van der Waals surface area contributed by atoms with E-state index in [9.17, 15) is 15.0 Å². The highest BCUT2D eigenvalue weighted by Gasteiger charge is 2.50. The number of aryl methyl sites for hydroxylation is 1. The van der Waals surface area contributed by atoms with E-state index in [-0.39, 0.29) is 0 Å². The van der Waals surface area contributed by atoms with Crippen molar-refractivity contribution in [3.63, 3.8) is 0 Å². The molecule has 31 heavy (non-hydrogen) atoms. The minimum absolute atomic E-state index is 0.338. The van der Waals surface area contributed by atoms with Gasteiger partial charge in [-0.25, -0.2) is 4.79 Å². The molecule has 2 aromatic carbocycles. The van der Waals surface area contributed by atoms with Gasteiger partial charge in [0, 0.05) is 18.6 Å². The number of benzene rings is 2. The molecule has 0 aliphatic carbocycles. The summed E-state index contributed by atoms with van der Waals surface area (Å²) >= 11 is 0. The second-order valence-electron chi connectivity index (χ2n) is 8.26. The van der Waals surface area contributed by atoms with E-state index in [4.69, 9.17) is 18.6 Å². The highest BCUT2D eigenvalue weighted by atomic mass is 16.7. The maximum absolute atomic E-state index is 12.7. The fraction of sp³-hybridized carbons (Fsp3) is 0.375. The van der Waals surface area contributed by atoms with Crippen molar-refractivity contribution in [1.82, 2.24) is 0 Å². The van der Waals surface area contributed by atoms with Crippen molar-refractivity contribution in [3.05, 3.63) is 64.5 Å². The summed E-state index contributed by atoms with van der Waals surface area (Å²) in [6, 6.07) is 14.4. The van der Waals surface area contributed by atoms with Crippen LogP contribution < -0.4 is 10.4 Å². The third kappa shape index (κ3) is 3.85. The number of hydrogen-bond acceptors (Lipinski definition) is 7. The summed E-state index contributed by atoms with van der Waals surface area (Å²) in [6.07, 6.45) is -4.34. The molecular formula is C24H26O7. The minimum Gasteiger partial charge on any atom is -0.462 e. The van der Waals surface area contributed by atoms with Gasteiger partial charge in [-0.05, 0) is 44.0 Å². The normalized spacial score (nSPS) is 25.5. The molecule has 0 bridgehead atoms. The zero-order chi connectivity index (χ0) is 22.3. The molecule has 1 aromatic heterocycles. The number of aliphatic hydroxyl groups excluding tert-OH is 2. The van der Waals surface area contributed by atoms with Gasteiger partial charge < -0.3 is 28.8 Å². The van der Waals surface area contributed by atoms with E-state index < -0.39 is 35.8 Å². The Kier molecular flexibility index (Phi) is 5.61. The van der Waals surface area contributed by atoms with E-state index in [1.165, 1.54) is 7.11 Å². The van der Waals surface area contributed by atoms with E-state index >= 15 is 0 Å². The Hall–Kier alpha value is -2.71. The Bertz CT molecular complexity index is 1140. The van der Waals surface area contributed by atoms with Crippen molar-refractivity contribution < 1.29 is 28.8 Å². The second kappa shape index (κ2) is 8.09. The summed E-state index contributed by atoms with van der Waals surface area (Å²) in [7, 11) is 1.45. The Morgan fingerprint density at radius 3 is 2.42 bits per heavy atom. The first-order valence-corrected chi connectivity index (χ1v) is 10.1. The number of rotatable bonds is 4. The van der Waals surface area contributed by atoms with Crippen LogP contribution in [-0.4, -0.2) is 47.5 Å². The van der Waals surface area contributed by atoms with Crippen molar-refractivity contribution in [2.75, 3.05) is 7.11 Å². The van der Waals surface area contributed by atoms with Gasteiger partial charge >= 0.3 is 5.63 Å². The molecule has 1 unspecified atom stereocenters. The minimum atomic E-state index is -1.32. The van der Waals surface area contributed by atoms with Gasteiger partial charge in [-0.3, -0.25) is 0 Å². The van der Waals surface area contributed by atoms with Crippen LogP contribution in [0.15, 0.2) is 57.7 Å². The van der Waals surface area contributed by atoms with Crippen LogP contribution in [0.2, 0.25) is 0 Å². The molecule has 1 fully saturated rings. The van der Waals surface area contributed by atoms with Crippen LogP contribution in [-0.2, 0) is 9.47 Å². The lowest BCUT2D eigenvalue weighted by atomic mass is 9.89. The fourth-order valence-electron chi connectivity index (χ4n) is 4.19. The Labute approximate surface area is 179 Å². The summed E-state index contributed by atoms with van der Waals surface area (Å²) in [6.45, 7) is 5.38. The Balaban J connectivity index is 1.67. The number of hydrogen-bond donors (Lipinski definition) is 2. The monoisotopic (exact) mass is 426 g/mol. The molecule has 2 N–H and O–H groups in total. The van der Waals surface area contributed by atoms with Crippen LogP contribution in [0.1, 0.15) is 19.4 Å². The maximum Gasteiger partial charge on any atom is 0.344 e. The average Bonchev–Trinajstić information content (AvgIpc) is 2.72. The number of fused-ring (bicyclic) bond motifs is 1. The predicted octanol–water partition coefficient (Wildman–Crippen LogP) is 3.02. The molecule has 4 rings (SSSR count). The van der Waals surface area contributed by atoms with Crippen LogP contribution in [0.5, 0.6) is 5.75 Å². The van der Waals surface area contributed by atoms with Crippen molar-refractivity contribution >= 4 is 11.0 Å². The van der Waals surface area contributed by atoms with Crippen molar-refractivity contribution in [2.24, 2.45) is 0 Å². The standard InChI is InChI=1S/C24H26O7/c1-13-16-11-10-15(29-23-20(26)19(25)21(28-4)24(2,3)31-23)12-17(16)30-22(27)18(13)14-8-6-5-7-9-14/h5-12,19-21,23,25-26H,1-4H3/t19-,20?,21+,23+/m0/s1. The molecule has 0 spiro atoms. The second-order valence-corrected chi connectivity index (χ2v) is 8.26. The molecule has 1 aliphatic heterocycles. The molecule has 1 saturated heterocycles. The topological polar surface area (TPSA) is 98.4 Å². The first kappa shape index (κ1) is 21.5. The quantitative estimate of drug-likeness (QED) is 0.619. The van der Waals surface area contributed by atoms with Gasteiger partial charge in [-0.2, -0.15) is 0 Å². The number of methoxy groups -OCH3 is 1. The van der Waals surface area contributed by atoms with E-state index in [2.05, 4.69) is 0 Å². The van der Waals surface area contributed by atoms with Gasteiger partial charge in [0.25, 0.3) is 0 Å². The van der Waals surface area contributed by atoms with Crippen LogP contribution in [0, 0.1) is 6.92 Å². The third-order valence-corrected chi connectivity index (χ3v) is 5.75. The van der Waals surface area contributed by atoms with Gasteiger partial charge in [-0.15, -0.1) is 0 Å². The Morgan fingerprint density at radius 2 is 1.74 bits per heavy atom. The third-order valence-electron chi connectivity index (χ3n) is 5.75. The summed E-state index contributed by atoms with van der Waals surface area (Å²) in [5.74, 6) is 0.338. The summed E-state index contributed by atoms with van der Waals surface area (Å²) in [4.78, 5) is 12.7. The van der Waals surface area contributed by atoms with Crippen molar-refractivity contribution in [3.8, 4) is 16.9 Å². The first-order chi connectivity index (χ1) is 14.7. The van der Waals surface area contributed by atoms with E-state index in [1.54, 1.807) is 32.0 Å². The first-order valence-electron chi connectivity index (χ1n) is 10.1. The highest BCUT2D eigenvalue weighted by molar-refractivity contribution is 5.87. The van der Waals surface area contributed by atoms with Crippen LogP contribution >= 0.6 is 0 Å². The zero-order valence-electron chi connectivity index (χ0n) is 17.9. The zero-order valence-corrected chi connectivity index (χ0v) is 17.9. The molecule has 0 radical (unpaired) electrons. The molecule has 7 heteroatoms. The summed E-state index contributed by atoms with van der Waals surface area (Å²) < 4.78 is 22.5. The molecular weight excluding hydrogens is 400 g/mol. The van der Waals surface area contributed by atoms with Crippen molar-refractivity contribution in [2.45, 2.75) is 51.0 Å². The summed E-state index contributed by atoms with van der Waals surface area (Å²) in [5, 5.41) is 21.6. The van der Waals surface area contributed by atoms with Crippen LogP contribution in [0.25, 0.3) is 22.1 Å². The molecule has 164 valence electrons. The van der Waals surface area contributed by atoms with Crippen LogP contribution in [0.3, 0.4) is 0 Å². The lowest BCUT2D eigenvalue weighted by Gasteiger charge is -2.46. The average molecular weight is 426 g/mol.